The number of hydrogen-bond acceptors (Lipinski definition) is 6. The lowest BCUT2D eigenvalue weighted by Crippen LogP contribution is -2.39. The number of carbonyl (C=O) groups is 1. The zero-order chi connectivity index (χ0) is 14.8. The molecule has 2 heterocycles. The second-order valence-corrected chi connectivity index (χ2v) is 7.24. The molecule has 0 saturated carbocycles. The zero-order valence-electron chi connectivity index (χ0n) is 11.4. The highest BCUT2D eigenvalue weighted by Crippen LogP contribution is 2.16. The maximum atomic E-state index is 12.1. The van der Waals surface area contributed by atoms with E-state index >= 15 is 0 Å². The van der Waals surface area contributed by atoms with Gasteiger partial charge in [-0.15, -0.1) is 5.10 Å². The van der Waals surface area contributed by atoms with Crippen molar-refractivity contribution in [3.8, 4) is 0 Å². The minimum absolute atomic E-state index is 0.0466. The van der Waals surface area contributed by atoms with E-state index in [4.69, 9.17) is 5.73 Å². The first kappa shape index (κ1) is 14.9. The predicted molar refractivity (Wildman–Crippen MR) is 72.6 cm³/mol. The van der Waals surface area contributed by atoms with Crippen LogP contribution in [0.15, 0.2) is 6.20 Å². The molecule has 9 heteroatoms. The topological polar surface area (TPSA) is 111 Å². The lowest BCUT2D eigenvalue weighted by atomic mass is 10.2. The molecule has 1 fully saturated rings. The Balaban J connectivity index is 1.93. The van der Waals surface area contributed by atoms with Gasteiger partial charge in [-0.1, -0.05) is 5.21 Å². The second-order valence-electron chi connectivity index (χ2n) is 5.01. The van der Waals surface area contributed by atoms with Crippen molar-refractivity contribution in [1.82, 2.24) is 19.9 Å². The first-order chi connectivity index (χ1) is 9.41. The largest absolute Gasteiger partial charge is 0.340 e. The van der Waals surface area contributed by atoms with Gasteiger partial charge in [0.1, 0.15) is 6.54 Å². The average Bonchev–Trinajstić information content (AvgIpc) is 2.95. The van der Waals surface area contributed by atoms with Crippen LogP contribution >= 0.6 is 0 Å². The molecular weight excluding hydrogens is 282 g/mol. The van der Waals surface area contributed by atoms with Gasteiger partial charge in [0.05, 0.1) is 17.2 Å². The molecule has 20 heavy (non-hydrogen) atoms. The van der Waals surface area contributed by atoms with Crippen LogP contribution in [-0.4, -0.2) is 65.4 Å². The zero-order valence-corrected chi connectivity index (χ0v) is 12.2. The summed E-state index contributed by atoms with van der Waals surface area (Å²) in [6.07, 6.45) is 2.80. The van der Waals surface area contributed by atoms with E-state index in [9.17, 15) is 13.2 Å². The fourth-order valence-corrected chi connectivity index (χ4v) is 3.99. The molecule has 1 unspecified atom stereocenters. The maximum Gasteiger partial charge on any atom is 0.244 e. The summed E-state index contributed by atoms with van der Waals surface area (Å²) >= 11 is 0. The van der Waals surface area contributed by atoms with E-state index in [0.29, 0.717) is 19.4 Å². The number of sulfone groups is 1. The van der Waals surface area contributed by atoms with Crippen LogP contribution in [0.2, 0.25) is 0 Å². The number of hydrogen-bond donors (Lipinski definition) is 1. The molecule has 1 saturated heterocycles. The van der Waals surface area contributed by atoms with Crippen molar-refractivity contribution in [2.75, 3.05) is 25.1 Å². The lowest BCUT2D eigenvalue weighted by molar-refractivity contribution is -0.132. The minimum atomic E-state index is -2.99. The SMILES string of the molecule is CN(C(=O)Cn1cc(CCN)nn1)C1CCS(=O)(=O)C1. The van der Waals surface area contributed by atoms with E-state index in [1.165, 1.54) is 9.58 Å². The van der Waals surface area contributed by atoms with Gasteiger partial charge in [0.15, 0.2) is 9.84 Å². The lowest BCUT2D eigenvalue weighted by Gasteiger charge is -2.23. The third-order valence-corrected chi connectivity index (χ3v) is 5.18. The number of nitrogens with two attached hydrogens (primary N) is 1. The number of nitrogens with zero attached hydrogens (tertiary/aromatic N) is 4. The molecule has 0 spiro atoms. The van der Waals surface area contributed by atoms with E-state index in [1.54, 1.807) is 13.2 Å². The van der Waals surface area contributed by atoms with Crippen molar-refractivity contribution in [1.29, 1.82) is 0 Å². The Morgan fingerprint density at radius 2 is 2.35 bits per heavy atom. The Morgan fingerprint density at radius 3 is 2.95 bits per heavy atom. The summed E-state index contributed by atoms with van der Waals surface area (Å²) in [5.41, 5.74) is 6.16. The summed E-state index contributed by atoms with van der Waals surface area (Å²) in [6.45, 7) is 0.539. The molecule has 0 aliphatic carbocycles. The number of rotatable bonds is 5. The van der Waals surface area contributed by atoms with E-state index in [-0.39, 0.29) is 30.0 Å². The van der Waals surface area contributed by atoms with Gasteiger partial charge in [0, 0.05) is 25.7 Å². The van der Waals surface area contributed by atoms with Crippen molar-refractivity contribution in [2.24, 2.45) is 5.73 Å². The molecule has 1 amide bonds. The molecule has 1 aliphatic rings. The fourth-order valence-electron chi connectivity index (χ4n) is 2.21. The fraction of sp³-hybridized carbons (Fsp3) is 0.727. The van der Waals surface area contributed by atoms with E-state index < -0.39 is 9.84 Å². The van der Waals surface area contributed by atoms with E-state index in [2.05, 4.69) is 10.3 Å². The van der Waals surface area contributed by atoms with Crippen LogP contribution in [0.25, 0.3) is 0 Å². The third kappa shape index (κ3) is 3.54. The molecule has 1 atom stereocenters. The Hall–Kier alpha value is -1.48. The van der Waals surface area contributed by atoms with Gasteiger partial charge in [-0.05, 0) is 13.0 Å². The van der Waals surface area contributed by atoms with Crippen LogP contribution in [0.5, 0.6) is 0 Å². The molecule has 0 bridgehead atoms. The van der Waals surface area contributed by atoms with Crippen LogP contribution in [0.3, 0.4) is 0 Å². The third-order valence-electron chi connectivity index (χ3n) is 3.43. The Kier molecular flexibility index (Phi) is 4.39. The first-order valence-electron chi connectivity index (χ1n) is 6.46. The smallest absolute Gasteiger partial charge is 0.244 e. The van der Waals surface area contributed by atoms with Crippen molar-refractivity contribution in [3.63, 3.8) is 0 Å². The monoisotopic (exact) mass is 301 g/mol. The summed E-state index contributed by atoms with van der Waals surface area (Å²) in [5, 5.41) is 7.76. The molecule has 1 aromatic heterocycles. The van der Waals surface area contributed by atoms with Crippen LogP contribution in [0.4, 0.5) is 0 Å². The molecule has 2 N–H and O–H groups in total. The van der Waals surface area contributed by atoms with Gasteiger partial charge in [0.2, 0.25) is 5.91 Å². The van der Waals surface area contributed by atoms with Crippen LogP contribution in [-0.2, 0) is 27.6 Å². The Labute approximate surface area is 117 Å². The molecule has 1 aliphatic heterocycles. The minimum Gasteiger partial charge on any atom is -0.340 e. The normalized spacial score (nSPS) is 21.0. The van der Waals surface area contributed by atoms with Crippen LogP contribution in [0.1, 0.15) is 12.1 Å². The molecular formula is C11H19N5O3S. The number of carbonyl (C=O) groups excluding carboxylic acids is 1. The average molecular weight is 301 g/mol. The molecule has 2 rings (SSSR count). The predicted octanol–water partition coefficient (Wildman–Crippen LogP) is -1.58. The molecule has 0 aromatic carbocycles. The highest BCUT2D eigenvalue weighted by atomic mass is 32.2. The van der Waals surface area contributed by atoms with Gasteiger partial charge < -0.3 is 10.6 Å². The summed E-state index contributed by atoms with van der Waals surface area (Å²) in [4.78, 5) is 13.6. The number of aromatic nitrogens is 3. The van der Waals surface area contributed by atoms with E-state index in [0.717, 1.165) is 5.69 Å². The molecule has 1 aromatic rings. The van der Waals surface area contributed by atoms with Crippen molar-refractivity contribution in [2.45, 2.75) is 25.4 Å². The van der Waals surface area contributed by atoms with Gasteiger partial charge in [-0.2, -0.15) is 0 Å². The van der Waals surface area contributed by atoms with Crippen LogP contribution in [0, 0.1) is 0 Å². The standard InChI is InChI=1S/C11H19N5O3S/c1-15(10-3-5-20(18,19)8-10)11(17)7-16-6-9(2-4-12)13-14-16/h6,10H,2-5,7-8,12H2,1H3. The van der Waals surface area contributed by atoms with Gasteiger partial charge in [-0.3, -0.25) is 4.79 Å². The number of likely N-dealkylation sites (N-methyl/N-ethyl adjacent to an activating group) is 1. The van der Waals surface area contributed by atoms with Crippen LogP contribution < -0.4 is 5.73 Å². The van der Waals surface area contributed by atoms with Crippen molar-refractivity contribution >= 4 is 15.7 Å². The molecule has 8 nitrogen and oxygen atoms in total. The maximum absolute atomic E-state index is 12.1. The second kappa shape index (κ2) is 5.88. The summed E-state index contributed by atoms with van der Waals surface area (Å²) in [7, 11) is -1.36. The van der Waals surface area contributed by atoms with Gasteiger partial charge >= 0.3 is 0 Å². The highest BCUT2D eigenvalue weighted by molar-refractivity contribution is 7.91. The quantitative estimate of drug-likeness (QED) is 0.703. The Morgan fingerprint density at radius 1 is 1.60 bits per heavy atom. The van der Waals surface area contributed by atoms with E-state index in [1.807, 2.05) is 0 Å². The summed E-state index contributed by atoms with van der Waals surface area (Å²) in [6, 6.07) is -0.237. The summed E-state index contributed by atoms with van der Waals surface area (Å²) < 4.78 is 24.3. The van der Waals surface area contributed by atoms with Gasteiger partial charge in [-0.25, -0.2) is 13.1 Å². The van der Waals surface area contributed by atoms with Crippen molar-refractivity contribution in [3.05, 3.63) is 11.9 Å². The Bertz CT molecular complexity index is 583. The summed E-state index contributed by atoms with van der Waals surface area (Å²) in [5.74, 6) is 0.0286. The highest BCUT2D eigenvalue weighted by Gasteiger charge is 2.32. The van der Waals surface area contributed by atoms with Crippen molar-refractivity contribution < 1.29 is 13.2 Å². The van der Waals surface area contributed by atoms with Gasteiger partial charge in [0.25, 0.3) is 0 Å². The molecule has 112 valence electrons. The first-order valence-corrected chi connectivity index (χ1v) is 8.28. The molecule has 0 radical (unpaired) electrons. The number of amides is 1.